The summed E-state index contributed by atoms with van der Waals surface area (Å²) in [5.41, 5.74) is 3.93. The summed E-state index contributed by atoms with van der Waals surface area (Å²) >= 11 is 0. The van der Waals surface area contributed by atoms with Gasteiger partial charge in [0, 0.05) is 66.6 Å². The minimum atomic E-state index is -1.97. The highest BCUT2D eigenvalue weighted by molar-refractivity contribution is 5.88. The van der Waals surface area contributed by atoms with E-state index in [4.69, 9.17) is 53.1 Å². The summed E-state index contributed by atoms with van der Waals surface area (Å²) in [6.45, 7) is 4.72. The number of nitrogens with zero attached hydrogens (tertiary/aromatic N) is 3. The number of hydrogen-bond donors (Lipinski definition) is 7. The maximum atomic E-state index is 14.7. The number of carboxylic acid groups (broad SMARTS) is 1. The fourth-order valence-electron chi connectivity index (χ4n) is 10.5. The molecule has 0 aliphatic carbocycles. The predicted octanol–water partition coefficient (Wildman–Crippen LogP) is -0.778. The highest BCUT2D eigenvalue weighted by Crippen LogP contribution is 2.37. The number of nitrogens with one attached hydrogen (secondary N) is 1. The molecule has 0 saturated carbocycles. The van der Waals surface area contributed by atoms with Crippen molar-refractivity contribution in [2.45, 2.75) is 208 Å². The number of nitrogens with two attached hydrogens (primary N) is 1. The van der Waals surface area contributed by atoms with E-state index in [9.17, 15) is 59.1 Å². The molecule has 4 fully saturated rings. The molecule has 0 aromatic carbocycles. The van der Waals surface area contributed by atoms with Crippen LogP contribution in [0.1, 0.15) is 104 Å². The molecule has 4 saturated heterocycles. The fraction of sp³-hybridized carbons (Fsp3) is 0.788. The molecule has 4 aliphatic rings. The van der Waals surface area contributed by atoms with Crippen LogP contribution in [-0.2, 0) is 71.3 Å². The largest absolute Gasteiger partial charge is 0.480 e. The van der Waals surface area contributed by atoms with Gasteiger partial charge in [0.2, 0.25) is 12.2 Å². The van der Waals surface area contributed by atoms with E-state index < -0.39 is 170 Å². The number of ether oxygens (including phenoxy) is 10. The van der Waals surface area contributed by atoms with Crippen molar-refractivity contribution in [3.05, 3.63) is 45.3 Å². The van der Waals surface area contributed by atoms with Crippen LogP contribution in [0, 0.1) is 5.92 Å². The quantitative estimate of drug-likeness (QED) is 0.0224. The van der Waals surface area contributed by atoms with Gasteiger partial charge in [-0.15, -0.1) is 0 Å². The zero-order chi connectivity index (χ0) is 58.2. The average molecular weight is 1130 g/mol. The lowest BCUT2D eigenvalue weighted by Crippen LogP contribution is -2.59. The predicted molar refractivity (Wildman–Crippen MR) is 274 cm³/mol. The van der Waals surface area contributed by atoms with Crippen LogP contribution in [0.3, 0.4) is 0 Å². The van der Waals surface area contributed by atoms with E-state index in [0.29, 0.717) is 6.42 Å². The summed E-state index contributed by atoms with van der Waals surface area (Å²) in [7, 11) is 6.85. The van der Waals surface area contributed by atoms with Crippen LogP contribution in [0.4, 0.5) is 0 Å². The number of methoxy groups -OCH3 is 3. The zero-order valence-corrected chi connectivity index (χ0v) is 46.3. The number of aliphatic carboxylic acids is 1. The van der Waals surface area contributed by atoms with E-state index in [1.807, 2.05) is 17.1 Å². The Morgan fingerprint density at radius 2 is 1.44 bits per heavy atom. The molecule has 0 radical (unpaired) electrons. The molecule has 448 valence electrons. The molecule has 0 bridgehead atoms. The summed E-state index contributed by atoms with van der Waals surface area (Å²) in [4.78, 5) is 97.5. The maximum Gasteiger partial charge on any atom is 0.330 e. The first kappa shape index (κ1) is 65.1. The van der Waals surface area contributed by atoms with Crippen LogP contribution < -0.4 is 17.0 Å². The first-order valence-corrected chi connectivity index (χ1v) is 27.0. The summed E-state index contributed by atoms with van der Waals surface area (Å²) < 4.78 is 58.6. The zero-order valence-electron chi connectivity index (χ0n) is 46.3. The van der Waals surface area contributed by atoms with Crippen molar-refractivity contribution in [2.75, 3.05) is 48.5 Å². The number of carbonyl (C=O) groups excluding carboxylic acids is 4. The van der Waals surface area contributed by atoms with Gasteiger partial charge in [0.1, 0.15) is 79.3 Å². The number of esters is 3. The molecule has 19 atom stereocenters. The standard InChI is InChI=1S/C52H83N5O22/c1-9-10-11-12-13-14-15-16-17-18-19-29(74-33(59)22-27(2)23-34(60)77-51-46(72-8)45(71-7)42(70-6)28(3)73-51)24-35(61)75-31-26-55(4)37(47(66)56(5)36(31)49(67)68)43(79-50-41(65)38(62)30(25-53)76-50)44-39(63)40(64)48(78-44)57-21-20-32(58)54-52(57)69/h16-17,20-21,27-31,36-46,48,50-51,62-65H,9-15,18-19,22-26,53H2,1-8H3,(H,67,68)(H,54,58,69)/b17-16-/t27-,28-,29-,30+,31-,36-,37-,38+,39-,40+,41+,42-,43?,44-,45+,46+,48+,50-,51-/m0/s1. The number of carbonyl (C=O) groups is 5. The van der Waals surface area contributed by atoms with Gasteiger partial charge in [0.25, 0.3) is 5.56 Å². The van der Waals surface area contributed by atoms with Crippen molar-refractivity contribution in [2.24, 2.45) is 11.7 Å². The number of allylic oxidation sites excluding steroid dienone is 2. The first-order valence-electron chi connectivity index (χ1n) is 27.0. The minimum absolute atomic E-state index is 0.145. The van der Waals surface area contributed by atoms with Crippen molar-refractivity contribution in [3.63, 3.8) is 0 Å². The normalized spacial score (nSPS) is 32.6. The van der Waals surface area contributed by atoms with Crippen molar-refractivity contribution in [3.8, 4) is 0 Å². The number of aromatic amines is 1. The third-order valence-electron chi connectivity index (χ3n) is 14.8. The maximum absolute atomic E-state index is 14.7. The van der Waals surface area contributed by atoms with Crippen LogP contribution in [0.5, 0.6) is 0 Å². The highest BCUT2D eigenvalue weighted by Gasteiger charge is 2.57. The Morgan fingerprint density at radius 1 is 0.797 bits per heavy atom. The Hall–Kier alpha value is -4.75. The molecular formula is C52H83N5O22. The topological polar surface area (TPSA) is 366 Å². The van der Waals surface area contributed by atoms with Crippen LogP contribution in [0.2, 0.25) is 0 Å². The second-order valence-electron chi connectivity index (χ2n) is 20.7. The van der Waals surface area contributed by atoms with Gasteiger partial charge < -0.3 is 83.5 Å². The van der Waals surface area contributed by atoms with Gasteiger partial charge in [-0.05, 0) is 45.6 Å². The summed E-state index contributed by atoms with van der Waals surface area (Å²) in [5.74, 6) is -5.66. The fourth-order valence-corrected chi connectivity index (χ4v) is 10.5. The molecule has 27 heteroatoms. The number of carboxylic acids is 1. The van der Waals surface area contributed by atoms with E-state index in [0.717, 1.165) is 60.9 Å². The van der Waals surface area contributed by atoms with Crippen LogP contribution in [0.25, 0.3) is 0 Å². The third kappa shape index (κ3) is 16.9. The number of aliphatic hydroxyl groups excluding tert-OH is 4. The molecule has 1 aromatic heterocycles. The molecule has 5 heterocycles. The van der Waals surface area contributed by atoms with Crippen LogP contribution in [0.15, 0.2) is 34.0 Å². The molecule has 27 nitrogen and oxygen atoms in total. The minimum Gasteiger partial charge on any atom is -0.480 e. The Kier molecular flexibility index (Phi) is 25.4. The Bertz CT molecular complexity index is 2290. The lowest BCUT2D eigenvalue weighted by Gasteiger charge is -2.43. The van der Waals surface area contributed by atoms with Crippen molar-refractivity contribution in [1.82, 2.24) is 19.4 Å². The molecule has 5 rings (SSSR count). The smallest absolute Gasteiger partial charge is 0.330 e. The van der Waals surface area contributed by atoms with Crippen molar-refractivity contribution in [1.29, 1.82) is 0 Å². The van der Waals surface area contributed by atoms with Gasteiger partial charge in [-0.1, -0.05) is 58.1 Å². The van der Waals surface area contributed by atoms with Gasteiger partial charge >= 0.3 is 29.6 Å². The van der Waals surface area contributed by atoms with Gasteiger partial charge in [-0.25, -0.2) is 9.59 Å². The van der Waals surface area contributed by atoms with Gasteiger partial charge in [0.15, 0.2) is 18.6 Å². The Balaban J connectivity index is 1.34. The van der Waals surface area contributed by atoms with E-state index in [-0.39, 0.29) is 25.8 Å². The number of aliphatic hydroxyl groups is 4. The molecular weight excluding hydrogens is 1050 g/mol. The van der Waals surface area contributed by atoms with Crippen LogP contribution >= 0.6 is 0 Å². The van der Waals surface area contributed by atoms with Crippen LogP contribution in [-0.4, -0.2) is 227 Å². The third-order valence-corrected chi connectivity index (χ3v) is 14.8. The first-order chi connectivity index (χ1) is 37.6. The SMILES string of the molecule is CCCCCCCC/C=C\CC[C@@H](CC(=O)O[C@H]1CN(C)[C@@H](C(O[C@@H]2O[C@H](CN)[C@@H](O)[C@H]2O)[C@H]2O[C@@H](n3ccc(=O)[nH]c3=O)[C@H](O)[C@@H]2O)C(=O)N(C)[C@@H]1C(=O)O)OC(=O)C[C@H](C)CC(=O)O[C@@H]1O[C@@H](C)[C@H](OC)[C@@H](OC)[C@H]1OC. The monoisotopic (exact) mass is 1130 g/mol. The summed E-state index contributed by atoms with van der Waals surface area (Å²) in [6, 6.07) is -2.62. The number of H-pyrrole nitrogens is 1. The van der Waals surface area contributed by atoms with Gasteiger partial charge in [0.05, 0.1) is 12.5 Å². The summed E-state index contributed by atoms with van der Waals surface area (Å²) in [5, 5.41) is 55.1. The van der Waals surface area contributed by atoms with Crippen molar-refractivity contribution < 1.29 is 96.9 Å². The second kappa shape index (κ2) is 30.9. The second-order valence-corrected chi connectivity index (χ2v) is 20.7. The molecule has 4 aliphatic heterocycles. The number of aromatic nitrogens is 2. The highest BCUT2D eigenvalue weighted by atomic mass is 16.7. The van der Waals surface area contributed by atoms with E-state index in [2.05, 4.69) is 6.92 Å². The number of likely N-dealkylation sites (N-methyl/N-ethyl adjacent to an activating group) is 2. The summed E-state index contributed by atoms with van der Waals surface area (Å²) in [6.07, 6.45) is -9.96. The molecule has 1 aromatic rings. The molecule has 0 spiro atoms. The average Bonchev–Trinajstić information content (AvgIpc) is 3.93. The molecule has 79 heavy (non-hydrogen) atoms. The Labute approximate surface area is 458 Å². The molecule has 1 unspecified atom stereocenters. The number of amides is 1. The van der Waals surface area contributed by atoms with E-state index in [1.165, 1.54) is 46.1 Å². The molecule has 1 amide bonds. The van der Waals surface area contributed by atoms with E-state index in [1.54, 1.807) is 13.8 Å². The van der Waals surface area contributed by atoms with Gasteiger partial charge in [-0.2, -0.15) is 0 Å². The van der Waals surface area contributed by atoms with E-state index >= 15 is 0 Å². The number of rotatable bonds is 29. The number of hydrogen-bond acceptors (Lipinski definition) is 23. The van der Waals surface area contributed by atoms with Crippen molar-refractivity contribution >= 4 is 29.8 Å². The number of unbranched alkanes of at least 4 members (excludes halogenated alkanes) is 6. The van der Waals surface area contributed by atoms with Gasteiger partial charge in [-0.3, -0.25) is 38.4 Å². The Morgan fingerprint density at radius 3 is 2.08 bits per heavy atom. The lowest BCUT2D eigenvalue weighted by molar-refractivity contribution is -0.297. The molecule has 8 N–H and O–H groups in total. The lowest BCUT2D eigenvalue weighted by atomic mass is 9.97.